The quantitative estimate of drug-likeness (QED) is 0.846. The Balaban J connectivity index is 1.24. The lowest BCUT2D eigenvalue weighted by molar-refractivity contribution is -0.199. The maximum absolute atomic E-state index is 12.3. The minimum atomic E-state index is 0.0758. The molecule has 0 radical (unpaired) electrons. The van der Waals surface area contributed by atoms with E-state index in [1.165, 1.54) is 4.88 Å². The number of ether oxygens (including phenoxy) is 1. The lowest BCUT2D eigenvalue weighted by Gasteiger charge is -2.27. The molecule has 3 atom stereocenters. The molecule has 0 unspecified atom stereocenters. The van der Waals surface area contributed by atoms with Crippen LogP contribution in [0.5, 0.6) is 0 Å². The van der Waals surface area contributed by atoms with Crippen LogP contribution >= 0.6 is 11.3 Å². The van der Waals surface area contributed by atoms with Gasteiger partial charge in [-0.25, -0.2) is 5.06 Å². The van der Waals surface area contributed by atoms with Crippen molar-refractivity contribution in [2.75, 3.05) is 26.2 Å². The SMILES string of the molecule is O=C(C[C@@H]1C[C@@H]2CN(Cc3cccs3)C[C@@H]2O1)N1CCCCO1. The van der Waals surface area contributed by atoms with Gasteiger partial charge in [-0.1, -0.05) is 6.07 Å². The molecule has 0 N–H and O–H groups in total. The Morgan fingerprint density at radius 2 is 2.30 bits per heavy atom. The molecule has 5 nitrogen and oxygen atoms in total. The monoisotopic (exact) mass is 336 g/mol. The number of carbonyl (C=O) groups is 1. The summed E-state index contributed by atoms with van der Waals surface area (Å²) in [5, 5.41) is 3.68. The van der Waals surface area contributed by atoms with Crippen molar-refractivity contribution in [1.82, 2.24) is 9.96 Å². The average molecular weight is 336 g/mol. The number of likely N-dealkylation sites (tertiary alicyclic amines) is 1. The third-order valence-electron chi connectivity index (χ3n) is 5.03. The van der Waals surface area contributed by atoms with Gasteiger partial charge in [-0.15, -0.1) is 11.3 Å². The molecular formula is C17H24N2O3S. The fourth-order valence-electron chi connectivity index (χ4n) is 3.92. The van der Waals surface area contributed by atoms with E-state index in [1.54, 1.807) is 5.06 Å². The number of fused-ring (bicyclic) bond motifs is 1. The van der Waals surface area contributed by atoms with E-state index in [0.717, 1.165) is 45.4 Å². The maximum Gasteiger partial charge on any atom is 0.248 e. The second-order valence-electron chi connectivity index (χ2n) is 6.81. The number of carbonyl (C=O) groups excluding carboxylic acids is 1. The van der Waals surface area contributed by atoms with E-state index in [2.05, 4.69) is 22.4 Å². The van der Waals surface area contributed by atoms with Crippen molar-refractivity contribution in [3.8, 4) is 0 Å². The Labute approximate surface area is 141 Å². The van der Waals surface area contributed by atoms with Crippen LogP contribution in [0.25, 0.3) is 0 Å². The molecule has 23 heavy (non-hydrogen) atoms. The van der Waals surface area contributed by atoms with E-state index in [1.807, 2.05) is 11.3 Å². The number of hydrogen-bond donors (Lipinski definition) is 0. The van der Waals surface area contributed by atoms with Gasteiger partial charge < -0.3 is 4.74 Å². The van der Waals surface area contributed by atoms with E-state index in [9.17, 15) is 4.79 Å². The first-order valence-electron chi connectivity index (χ1n) is 8.61. The minimum Gasteiger partial charge on any atom is -0.373 e. The number of hydroxylamine groups is 2. The Kier molecular flexibility index (Phi) is 4.66. The summed E-state index contributed by atoms with van der Waals surface area (Å²) in [5.41, 5.74) is 0. The molecule has 4 heterocycles. The normalized spacial score (nSPS) is 31.5. The highest BCUT2D eigenvalue weighted by atomic mass is 32.1. The van der Waals surface area contributed by atoms with E-state index >= 15 is 0 Å². The van der Waals surface area contributed by atoms with Crippen molar-refractivity contribution < 1.29 is 14.4 Å². The predicted octanol–water partition coefficient (Wildman–Crippen LogP) is 2.28. The summed E-state index contributed by atoms with van der Waals surface area (Å²) in [6.07, 6.45) is 3.94. The highest BCUT2D eigenvalue weighted by Gasteiger charge is 2.42. The van der Waals surface area contributed by atoms with Gasteiger partial charge in [0.25, 0.3) is 0 Å². The fraction of sp³-hybridized carbons (Fsp3) is 0.706. The van der Waals surface area contributed by atoms with Gasteiger partial charge in [-0.2, -0.15) is 0 Å². The highest BCUT2D eigenvalue weighted by molar-refractivity contribution is 7.09. The molecular weight excluding hydrogens is 312 g/mol. The van der Waals surface area contributed by atoms with Crippen LogP contribution in [-0.2, 0) is 20.9 Å². The molecule has 126 valence electrons. The molecule has 0 aliphatic carbocycles. The first-order valence-corrected chi connectivity index (χ1v) is 9.49. The minimum absolute atomic E-state index is 0.0758. The molecule has 3 aliphatic rings. The summed E-state index contributed by atoms with van der Waals surface area (Å²) in [4.78, 5) is 21.6. The van der Waals surface area contributed by atoms with Crippen molar-refractivity contribution in [2.45, 2.75) is 44.4 Å². The fourth-order valence-corrected chi connectivity index (χ4v) is 4.67. The van der Waals surface area contributed by atoms with Gasteiger partial charge in [0.05, 0.1) is 25.2 Å². The molecule has 4 rings (SSSR count). The number of nitrogens with zero attached hydrogens (tertiary/aromatic N) is 2. The topological polar surface area (TPSA) is 42.0 Å². The van der Waals surface area contributed by atoms with Crippen molar-refractivity contribution in [3.63, 3.8) is 0 Å². The zero-order chi connectivity index (χ0) is 15.6. The van der Waals surface area contributed by atoms with Gasteiger partial charge in [-0.05, 0) is 30.7 Å². The van der Waals surface area contributed by atoms with Gasteiger partial charge in [0.15, 0.2) is 0 Å². The second kappa shape index (κ2) is 6.89. The molecule has 0 saturated carbocycles. The molecule has 0 aromatic carbocycles. The third kappa shape index (κ3) is 3.60. The van der Waals surface area contributed by atoms with Crippen LogP contribution in [0.15, 0.2) is 17.5 Å². The predicted molar refractivity (Wildman–Crippen MR) is 87.9 cm³/mol. The Hall–Kier alpha value is -0.950. The molecule has 1 aromatic rings. The summed E-state index contributed by atoms with van der Waals surface area (Å²) >= 11 is 1.82. The Morgan fingerprint density at radius 3 is 3.04 bits per heavy atom. The summed E-state index contributed by atoms with van der Waals surface area (Å²) in [7, 11) is 0. The summed E-state index contributed by atoms with van der Waals surface area (Å²) < 4.78 is 6.15. The van der Waals surface area contributed by atoms with Crippen LogP contribution in [0.3, 0.4) is 0 Å². The molecule has 3 aliphatic heterocycles. The highest BCUT2D eigenvalue weighted by Crippen LogP contribution is 2.35. The van der Waals surface area contributed by atoms with Crippen LogP contribution in [0.2, 0.25) is 0 Å². The van der Waals surface area contributed by atoms with Crippen LogP contribution in [0.1, 0.15) is 30.6 Å². The zero-order valence-corrected chi connectivity index (χ0v) is 14.2. The smallest absolute Gasteiger partial charge is 0.248 e. The lowest BCUT2D eigenvalue weighted by atomic mass is 10.0. The molecule has 0 bridgehead atoms. The van der Waals surface area contributed by atoms with Gasteiger partial charge in [0.2, 0.25) is 5.91 Å². The Bertz CT molecular complexity index is 516. The molecule has 0 spiro atoms. The van der Waals surface area contributed by atoms with E-state index < -0.39 is 0 Å². The van der Waals surface area contributed by atoms with Crippen molar-refractivity contribution in [1.29, 1.82) is 0 Å². The first-order chi connectivity index (χ1) is 11.3. The summed E-state index contributed by atoms with van der Waals surface area (Å²) in [6.45, 7) is 4.51. The van der Waals surface area contributed by atoms with Gasteiger partial charge in [0, 0.05) is 37.0 Å². The van der Waals surface area contributed by atoms with Crippen molar-refractivity contribution in [3.05, 3.63) is 22.4 Å². The van der Waals surface area contributed by atoms with E-state index in [4.69, 9.17) is 9.57 Å². The molecule has 1 aromatic heterocycles. The third-order valence-corrected chi connectivity index (χ3v) is 5.89. The number of amides is 1. The van der Waals surface area contributed by atoms with Gasteiger partial charge in [-0.3, -0.25) is 14.5 Å². The largest absolute Gasteiger partial charge is 0.373 e. The van der Waals surface area contributed by atoms with Crippen LogP contribution in [-0.4, -0.2) is 54.3 Å². The molecule has 3 saturated heterocycles. The average Bonchev–Trinajstić information content (AvgIpc) is 3.25. The first kappa shape index (κ1) is 15.6. The van der Waals surface area contributed by atoms with Gasteiger partial charge >= 0.3 is 0 Å². The van der Waals surface area contributed by atoms with Crippen molar-refractivity contribution >= 4 is 17.2 Å². The number of rotatable bonds is 4. The number of hydrogen-bond acceptors (Lipinski definition) is 5. The van der Waals surface area contributed by atoms with Crippen LogP contribution < -0.4 is 0 Å². The molecule has 6 heteroatoms. The van der Waals surface area contributed by atoms with Crippen LogP contribution in [0.4, 0.5) is 0 Å². The molecule has 3 fully saturated rings. The van der Waals surface area contributed by atoms with Crippen molar-refractivity contribution in [2.24, 2.45) is 5.92 Å². The second-order valence-corrected chi connectivity index (χ2v) is 7.84. The maximum atomic E-state index is 12.3. The van der Waals surface area contributed by atoms with E-state index in [-0.39, 0.29) is 12.0 Å². The van der Waals surface area contributed by atoms with E-state index in [0.29, 0.717) is 25.0 Å². The Morgan fingerprint density at radius 1 is 1.35 bits per heavy atom. The number of thiophene rings is 1. The zero-order valence-electron chi connectivity index (χ0n) is 13.4. The summed E-state index contributed by atoms with van der Waals surface area (Å²) in [6, 6.07) is 4.30. The standard InChI is InChI=1S/C17H24N2O3S/c20-17(19-5-1-2-6-21-19)9-14-8-13-10-18(12-16(13)22-14)11-15-4-3-7-23-15/h3-4,7,13-14,16H,1-2,5-6,8-12H2/t13-,14+,16+/m1/s1. The van der Waals surface area contributed by atoms with Crippen LogP contribution in [0, 0.1) is 5.92 Å². The summed E-state index contributed by atoms with van der Waals surface area (Å²) in [5.74, 6) is 0.667. The molecule has 1 amide bonds. The lowest BCUT2D eigenvalue weighted by Crippen LogP contribution is -2.37. The van der Waals surface area contributed by atoms with Gasteiger partial charge in [0.1, 0.15) is 0 Å².